The summed E-state index contributed by atoms with van der Waals surface area (Å²) in [5.74, 6) is 0.832. The van der Waals surface area contributed by atoms with Crippen LogP contribution in [0.4, 0.5) is 0 Å². The first-order valence-electron chi connectivity index (χ1n) is 7.83. The molecule has 1 aromatic rings. The highest BCUT2D eigenvalue weighted by Crippen LogP contribution is 2.21. The van der Waals surface area contributed by atoms with Crippen LogP contribution in [0.25, 0.3) is 0 Å². The minimum Gasteiger partial charge on any atom is -0.388 e. The van der Waals surface area contributed by atoms with Crippen molar-refractivity contribution < 1.29 is 9.90 Å². The lowest BCUT2D eigenvalue weighted by Gasteiger charge is -2.36. The van der Waals surface area contributed by atoms with Crippen molar-refractivity contribution in [2.24, 2.45) is 0 Å². The van der Waals surface area contributed by atoms with Gasteiger partial charge < -0.3 is 15.3 Å². The van der Waals surface area contributed by atoms with Crippen molar-refractivity contribution in [3.8, 4) is 0 Å². The molecule has 5 heteroatoms. The molecule has 1 aliphatic rings. The highest BCUT2D eigenvalue weighted by molar-refractivity contribution is 7.99. The lowest BCUT2D eigenvalue weighted by atomic mass is 9.91. The normalized spacial score (nSPS) is 19.6. The first-order valence-corrected chi connectivity index (χ1v) is 8.88. The molecule has 1 fully saturated rings. The van der Waals surface area contributed by atoms with Gasteiger partial charge in [0.15, 0.2) is 0 Å². The number of aliphatic hydroxyl groups is 1. The Hall–Kier alpha value is -1.04. The van der Waals surface area contributed by atoms with E-state index >= 15 is 0 Å². The van der Waals surface area contributed by atoms with Gasteiger partial charge in [0.05, 0.1) is 10.9 Å². The predicted octanol–water partition coefficient (Wildman–Crippen LogP) is 1.88. The number of carbonyl (C=O) groups excluding carboxylic acids is 1. The molecule has 1 heterocycles. The molecule has 1 aromatic carbocycles. The monoisotopic (exact) mass is 322 g/mol. The van der Waals surface area contributed by atoms with Crippen LogP contribution in [0.1, 0.15) is 25.3 Å². The topological polar surface area (TPSA) is 52.6 Å². The number of likely N-dealkylation sites (tertiary alicyclic amines) is 1. The first kappa shape index (κ1) is 17.3. The Bertz CT molecular complexity index is 473. The van der Waals surface area contributed by atoms with E-state index in [2.05, 4.69) is 29.4 Å². The molecule has 1 saturated heterocycles. The molecule has 1 amide bonds. The van der Waals surface area contributed by atoms with Gasteiger partial charge in [0.1, 0.15) is 0 Å². The van der Waals surface area contributed by atoms with Gasteiger partial charge in [0, 0.05) is 25.4 Å². The van der Waals surface area contributed by atoms with Crippen LogP contribution in [0.15, 0.2) is 30.3 Å². The van der Waals surface area contributed by atoms with Gasteiger partial charge in [-0.3, -0.25) is 4.79 Å². The van der Waals surface area contributed by atoms with Crippen molar-refractivity contribution >= 4 is 17.7 Å². The Morgan fingerprint density at radius 1 is 1.36 bits per heavy atom. The van der Waals surface area contributed by atoms with Crippen molar-refractivity contribution in [1.29, 1.82) is 0 Å². The minimum atomic E-state index is -0.744. The molecule has 122 valence electrons. The molecule has 22 heavy (non-hydrogen) atoms. The van der Waals surface area contributed by atoms with E-state index in [-0.39, 0.29) is 11.2 Å². The Morgan fingerprint density at radius 2 is 2.00 bits per heavy atom. The molecular weight excluding hydrogens is 296 g/mol. The summed E-state index contributed by atoms with van der Waals surface area (Å²) >= 11 is 1.62. The third-order valence-electron chi connectivity index (χ3n) is 4.22. The van der Waals surface area contributed by atoms with Crippen molar-refractivity contribution in [3.63, 3.8) is 0 Å². The molecule has 0 aromatic heterocycles. The molecule has 0 bridgehead atoms. The second kappa shape index (κ2) is 7.99. The van der Waals surface area contributed by atoms with Crippen LogP contribution in [0.2, 0.25) is 0 Å². The molecular formula is C17H26N2O2S. The third kappa shape index (κ3) is 5.30. The summed E-state index contributed by atoms with van der Waals surface area (Å²) in [6.07, 6.45) is 1.44. The number of nitrogens with zero attached hydrogens (tertiary/aromatic N) is 1. The number of thioether (sulfide) groups is 1. The van der Waals surface area contributed by atoms with E-state index in [1.807, 2.05) is 25.1 Å². The van der Waals surface area contributed by atoms with E-state index in [1.54, 1.807) is 11.8 Å². The average Bonchev–Trinajstić information content (AvgIpc) is 2.54. The van der Waals surface area contributed by atoms with Crippen molar-refractivity contribution in [3.05, 3.63) is 35.9 Å². The van der Waals surface area contributed by atoms with Gasteiger partial charge in [0.25, 0.3) is 0 Å². The van der Waals surface area contributed by atoms with Gasteiger partial charge in [-0.05, 0) is 32.4 Å². The Balaban J connectivity index is 1.72. The number of rotatable bonds is 6. The summed E-state index contributed by atoms with van der Waals surface area (Å²) in [5, 5.41) is 13.3. The SMILES string of the molecule is C[C@@H](SCc1ccccc1)C(=O)NCC1(O)CCN(C)CC1. The maximum absolute atomic E-state index is 12.2. The molecule has 2 N–H and O–H groups in total. The molecule has 0 spiro atoms. The predicted molar refractivity (Wildman–Crippen MR) is 91.9 cm³/mol. The Kier molecular flexibility index (Phi) is 6.29. The second-order valence-corrected chi connectivity index (χ2v) is 7.51. The number of carbonyl (C=O) groups is 1. The van der Waals surface area contributed by atoms with Gasteiger partial charge in [0.2, 0.25) is 5.91 Å². The molecule has 0 aliphatic carbocycles. The summed E-state index contributed by atoms with van der Waals surface area (Å²) < 4.78 is 0. The molecule has 0 saturated carbocycles. The minimum absolute atomic E-state index is 0.00767. The first-order chi connectivity index (χ1) is 10.5. The zero-order chi connectivity index (χ0) is 16.0. The maximum Gasteiger partial charge on any atom is 0.232 e. The number of amides is 1. The Morgan fingerprint density at radius 3 is 2.64 bits per heavy atom. The molecule has 0 radical (unpaired) electrons. The van der Waals surface area contributed by atoms with Crippen LogP contribution in [-0.4, -0.2) is 53.4 Å². The molecule has 1 aliphatic heterocycles. The maximum atomic E-state index is 12.2. The fourth-order valence-corrected chi connectivity index (χ4v) is 3.35. The van der Waals surface area contributed by atoms with Gasteiger partial charge in [-0.25, -0.2) is 0 Å². The zero-order valence-electron chi connectivity index (χ0n) is 13.4. The van der Waals surface area contributed by atoms with Crippen molar-refractivity contribution in [2.45, 2.75) is 36.4 Å². The van der Waals surface area contributed by atoms with E-state index in [0.717, 1.165) is 31.7 Å². The van der Waals surface area contributed by atoms with Crippen LogP contribution in [0, 0.1) is 0 Å². The van der Waals surface area contributed by atoms with Gasteiger partial charge in [-0.2, -0.15) is 0 Å². The lowest BCUT2D eigenvalue weighted by Crippen LogP contribution is -2.50. The molecule has 0 unspecified atom stereocenters. The van der Waals surface area contributed by atoms with E-state index in [1.165, 1.54) is 5.56 Å². The summed E-state index contributed by atoms with van der Waals surface area (Å²) in [6.45, 7) is 4.03. The second-order valence-electron chi connectivity index (χ2n) is 6.18. The zero-order valence-corrected chi connectivity index (χ0v) is 14.2. The highest BCUT2D eigenvalue weighted by atomic mass is 32.2. The fraction of sp³-hybridized carbons (Fsp3) is 0.588. The van der Waals surface area contributed by atoms with Crippen LogP contribution in [0.5, 0.6) is 0 Å². The van der Waals surface area contributed by atoms with Crippen LogP contribution < -0.4 is 5.32 Å². The Labute approximate surface area is 137 Å². The number of benzene rings is 1. The smallest absolute Gasteiger partial charge is 0.232 e. The molecule has 1 atom stereocenters. The summed E-state index contributed by atoms with van der Waals surface area (Å²) in [5.41, 5.74) is 0.479. The number of nitrogens with one attached hydrogen (secondary N) is 1. The summed E-state index contributed by atoms with van der Waals surface area (Å²) in [7, 11) is 2.06. The van der Waals surface area contributed by atoms with E-state index in [4.69, 9.17) is 0 Å². The van der Waals surface area contributed by atoms with Gasteiger partial charge in [-0.15, -0.1) is 11.8 Å². The third-order valence-corrected chi connectivity index (χ3v) is 5.44. The van der Waals surface area contributed by atoms with E-state index in [0.29, 0.717) is 6.54 Å². The highest BCUT2D eigenvalue weighted by Gasteiger charge is 2.31. The standard InChI is InChI=1S/C17H26N2O2S/c1-14(22-12-15-6-4-3-5-7-15)16(20)18-13-17(21)8-10-19(2)11-9-17/h3-7,14,21H,8-13H2,1-2H3,(H,18,20)/t14-/m1/s1. The van der Waals surface area contributed by atoms with Crippen LogP contribution >= 0.6 is 11.8 Å². The van der Waals surface area contributed by atoms with Gasteiger partial charge >= 0.3 is 0 Å². The van der Waals surface area contributed by atoms with E-state index in [9.17, 15) is 9.90 Å². The summed E-state index contributed by atoms with van der Waals surface area (Å²) in [6, 6.07) is 10.1. The number of piperidine rings is 1. The lowest BCUT2D eigenvalue weighted by molar-refractivity contribution is -0.122. The number of hydrogen-bond acceptors (Lipinski definition) is 4. The average molecular weight is 322 g/mol. The van der Waals surface area contributed by atoms with Crippen LogP contribution in [-0.2, 0) is 10.5 Å². The number of hydrogen-bond donors (Lipinski definition) is 2. The summed E-state index contributed by atoms with van der Waals surface area (Å²) in [4.78, 5) is 14.4. The van der Waals surface area contributed by atoms with E-state index < -0.39 is 5.60 Å². The van der Waals surface area contributed by atoms with Crippen molar-refractivity contribution in [1.82, 2.24) is 10.2 Å². The van der Waals surface area contributed by atoms with Gasteiger partial charge in [-0.1, -0.05) is 30.3 Å². The largest absolute Gasteiger partial charge is 0.388 e. The molecule has 2 rings (SSSR count). The fourth-order valence-electron chi connectivity index (χ4n) is 2.48. The van der Waals surface area contributed by atoms with Crippen LogP contribution in [0.3, 0.4) is 0 Å². The quantitative estimate of drug-likeness (QED) is 0.840. The van der Waals surface area contributed by atoms with Crippen molar-refractivity contribution in [2.75, 3.05) is 26.7 Å². The molecule has 4 nitrogen and oxygen atoms in total.